The molecule has 0 amide bonds. The van der Waals surface area contributed by atoms with Crippen molar-refractivity contribution in [1.82, 2.24) is 9.97 Å². The van der Waals surface area contributed by atoms with Crippen LogP contribution in [0.5, 0.6) is 5.75 Å². The Hall–Kier alpha value is -1.56. The Morgan fingerprint density at radius 2 is 2.35 bits per heavy atom. The summed E-state index contributed by atoms with van der Waals surface area (Å²) in [6, 6.07) is 0.115. The molecule has 1 aliphatic rings. The monoisotopic (exact) mass is 238 g/mol. The van der Waals surface area contributed by atoms with Crippen LogP contribution in [0.15, 0.2) is 11.1 Å². The third-order valence-electron chi connectivity index (χ3n) is 2.99. The topological polar surface area (TPSA) is 84.2 Å². The van der Waals surface area contributed by atoms with Crippen LogP contribution in [0.25, 0.3) is 0 Å². The molecule has 0 spiro atoms. The fraction of sp³-hybridized carbons (Fsp3) is 0.636. The fourth-order valence-corrected chi connectivity index (χ4v) is 2.36. The van der Waals surface area contributed by atoms with Gasteiger partial charge in [0.15, 0.2) is 5.82 Å². The highest BCUT2D eigenvalue weighted by Gasteiger charge is 2.26. The van der Waals surface area contributed by atoms with Crippen molar-refractivity contribution in [3.05, 3.63) is 16.7 Å². The highest BCUT2D eigenvalue weighted by molar-refractivity contribution is 5.51. The Balaban J connectivity index is 2.33. The van der Waals surface area contributed by atoms with Crippen molar-refractivity contribution in [3.8, 4) is 5.75 Å². The fourth-order valence-electron chi connectivity index (χ4n) is 2.36. The van der Waals surface area contributed by atoms with E-state index < -0.39 is 0 Å². The lowest BCUT2D eigenvalue weighted by Gasteiger charge is -2.35. The van der Waals surface area contributed by atoms with Crippen molar-refractivity contribution in [1.29, 1.82) is 0 Å². The largest absolute Gasteiger partial charge is 0.489 e. The second kappa shape index (κ2) is 4.75. The number of methoxy groups -OCH3 is 1. The molecule has 0 saturated carbocycles. The van der Waals surface area contributed by atoms with E-state index in [4.69, 9.17) is 10.5 Å². The Morgan fingerprint density at radius 3 is 3.00 bits per heavy atom. The summed E-state index contributed by atoms with van der Waals surface area (Å²) in [5.41, 5.74) is 5.73. The van der Waals surface area contributed by atoms with Crippen LogP contribution in [-0.4, -0.2) is 36.2 Å². The molecule has 2 atom stereocenters. The van der Waals surface area contributed by atoms with E-state index >= 15 is 0 Å². The molecular weight excluding hydrogens is 220 g/mol. The van der Waals surface area contributed by atoms with Crippen LogP contribution in [0.3, 0.4) is 0 Å². The molecule has 1 aliphatic heterocycles. The number of aromatic nitrogens is 2. The number of rotatable bonds is 2. The summed E-state index contributed by atoms with van der Waals surface area (Å²) < 4.78 is 5.11. The molecule has 6 heteroatoms. The molecular formula is C11H18N4O2. The molecule has 0 aliphatic carbocycles. The van der Waals surface area contributed by atoms with Crippen LogP contribution in [0, 0.1) is 5.92 Å². The van der Waals surface area contributed by atoms with Crippen molar-refractivity contribution < 1.29 is 4.74 Å². The first-order valence-corrected chi connectivity index (χ1v) is 5.74. The Labute approximate surface area is 99.8 Å². The van der Waals surface area contributed by atoms with Gasteiger partial charge in [0.1, 0.15) is 0 Å². The Bertz CT molecular complexity index is 435. The van der Waals surface area contributed by atoms with Crippen molar-refractivity contribution in [2.24, 2.45) is 11.7 Å². The van der Waals surface area contributed by atoms with E-state index in [-0.39, 0.29) is 17.4 Å². The van der Waals surface area contributed by atoms with E-state index in [2.05, 4.69) is 16.9 Å². The summed E-state index contributed by atoms with van der Waals surface area (Å²) in [5, 5.41) is 0. The molecule has 2 rings (SSSR count). The predicted molar refractivity (Wildman–Crippen MR) is 65.4 cm³/mol. The molecule has 94 valence electrons. The van der Waals surface area contributed by atoms with E-state index in [1.165, 1.54) is 13.4 Å². The summed E-state index contributed by atoms with van der Waals surface area (Å²) in [6.07, 6.45) is 2.40. The van der Waals surface area contributed by atoms with Gasteiger partial charge in [-0.05, 0) is 12.3 Å². The molecule has 1 fully saturated rings. The first-order chi connectivity index (χ1) is 8.11. The molecule has 17 heavy (non-hydrogen) atoms. The maximum atomic E-state index is 11.6. The normalized spacial score (nSPS) is 24.8. The number of piperidine rings is 1. The third kappa shape index (κ3) is 2.41. The van der Waals surface area contributed by atoms with Gasteiger partial charge in [-0.25, -0.2) is 4.98 Å². The van der Waals surface area contributed by atoms with Crippen LogP contribution in [0.2, 0.25) is 0 Å². The summed E-state index contributed by atoms with van der Waals surface area (Å²) in [4.78, 5) is 20.3. The lowest BCUT2D eigenvalue weighted by molar-refractivity contribution is 0.381. The molecule has 2 unspecified atom stereocenters. The number of nitrogens with one attached hydrogen (secondary N) is 1. The molecule has 6 nitrogen and oxygen atoms in total. The van der Waals surface area contributed by atoms with E-state index in [9.17, 15) is 4.79 Å². The van der Waals surface area contributed by atoms with Crippen LogP contribution < -0.4 is 20.9 Å². The molecule has 0 aromatic carbocycles. The maximum absolute atomic E-state index is 11.6. The first kappa shape index (κ1) is 11.9. The summed E-state index contributed by atoms with van der Waals surface area (Å²) in [5.74, 6) is 1.33. The lowest BCUT2D eigenvalue weighted by Crippen LogP contribution is -2.47. The SMILES string of the molecule is COc1c(N2CC(C)CC(N)C2)nc[nH]c1=O. The van der Waals surface area contributed by atoms with Gasteiger partial charge in [0.25, 0.3) is 5.56 Å². The van der Waals surface area contributed by atoms with Gasteiger partial charge >= 0.3 is 0 Å². The van der Waals surface area contributed by atoms with E-state index in [0.29, 0.717) is 18.3 Å². The van der Waals surface area contributed by atoms with Crippen LogP contribution >= 0.6 is 0 Å². The zero-order valence-electron chi connectivity index (χ0n) is 10.1. The van der Waals surface area contributed by atoms with E-state index in [0.717, 1.165) is 13.0 Å². The highest BCUT2D eigenvalue weighted by Crippen LogP contribution is 2.25. The number of hydrogen-bond acceptors (Lipinski definition) is 5. The van der Waals surface area contributed by atoms with Gasteiger partial charge < -0.3 is 20.4 Å². The minimum Gasteiger partial charge on any atom is -0.489 e. The molecule has 0 radical (unpaired) electrons. The summed E-state index contributed by atoms with van der Waals surface area (Å²) in [6.45, 7) is 3.70. The van der Waals surface area contributed by atoms with Gasteiger partial charge in [0.05, 0.1) is 13.4 Å². The minimum absolute atomic E-state index is 0.115. The van der Waals surface area contributed by atoms with Crippen LogP contribution in [-0.2, 0) is 0 Å². The van der Waals surface area contributed by atoms with Gasteiger partial charge in [-0.3, -0.25) is 4.79 Å². The second-order valence-corrected chi connectivity index (χ2v) is 4.59. The second-order valence-electron chi connectivity index (χ2n) is 4.59. The van der Waals surface area contributed by atoms with E-state index in [1.54, 1.807) is 0 Å². The summed E-state index contributed by atoms with van der Waals surface area (Å²) >= 11 is 0. The number of ether oxygens (including phenoxy) is 1. The quantitative estimate of drug-likeness (QED) is 0.754. The molecule has 0 bridgehead atoms. The van der Waals surface area contributed by atoms with Crippen molar-refractivity contribution in [2.45, 2.75) is 19.4 Å². The first-order valence-electron chi connectivity index (χ1n) is 5.74. The minimum atomic E-state index is -0.260. The van der Waals surface area contributed by atoms with Gasteiger partial charge in [-0.15, -0.1) is 0 Å². The van der Waals surface area contributed by atoms with Gasteiger partial charge in [-0.2, -0.15) is 0 Å². The smallest absolute Gasteiger partial charge is 0.295 e. The highest BCUT2D eigenvalue weighted by atomic mass is 16.5. The zero-order chi connectivity index (χ0) is 12.4. The Kier molecular flexibility index (Phi) is 3.33. The van der Waals surface area contributed by atoms with Crippen LogP contribution in [0.1, 0.15) is 13.3 Å². The van der Waals surface area contributed by atoms with Crippen molar-refractivity contribution >= 4 is 5.82 Å². The number of hydrogen-bond donors (Lipinski definition) is 2. The number of nitrogens with zero attached hydrogens (tertiary/aromatic N) is 2. The lowest BCUT2D eigenvalue weighted by atomic mass is 9.96. The van der Waals surface area contributed by atoms with E-state index in [1.807, 2.05) is 4.90 Å². The number of nitrogens with two attached hydrogens (primary N) is 1. The van der Waals surface area contributed by atoms with Crippen LogP contribution in [0.4, 0.5) is 5.82 Å². The zero-order valence-corrected chi connectivity index (χ0v) is 10.1. The molecule has 1 aromatic heterocycles. The van der Waals surface area contributed by atoms with Crippen molar-refractivity contribution in [2.75, 3.05) is 25.1 Å². The predicted octanol–water partition coefficient (Wildman–Crippen LogP) is -0.0480. The van der Waals surface area contributed by atoms with Crippen molar-refractivity contribution in [3.63, 3.8) is 0 Å². The molecule has 1 saturated heterocycles. The number of anilines is 1. The molecule has 3 N–H and O–H groups in total. The number of H-pyrrole nitrogens is 1. The summed E-state index contributed by atoms with van der Waals surface area (Å²) in [7, 11) is 1.48. The maximum Gasteiger partial charge on any atom is 0.295 e. The van der Waals surface area contributed by atoms with Gasteiger partial charge in [0.2, 0.25) is 5.75 Å². The standard InChI is InChI=1S/C11H18N4O2/c1-7-3-8(12)5-15(4-7)10-9(17-2)11(16)14-6-13-10/h6-8H,3-5,12H2,1-2H3,(H,13,14,16). The average molecular weight is 238 g/mol. The van der Waals surface area contributed by atoms with Gasteiger partial charge in [0, 0.05) is 19.1 Å². The number of aromatic amines is 1. The molecule has 1 aromatic rings. The third-order valence-corrected chi connectivity index (χ3v) is 2.99. The van der Waals surface area contributed by atoms with Gasteiger partial charge in [-0.1, -0.05) is 6.92 Å². The Morgan fingerprint density at radius 1 is 1.59 bits per heavy atom. The molecule has 2 heterocycles. The average Bonchev–Trinajstić information content (AvgIpc) is 2.27.